The van der Waals surface area contributed by atoms with Crippen LogP contribution in [0.1, 0.15) is 19.3 Å². The minimum atomic E-state index is -0.415. The summed E-state index contributed by atoms with van der Waals surface area (Å²) in [5.74, 6) is -0.344. The van der Waals surface area contributed by atoms with E-state index in [1.165, 1.54) is 6.07 Å². The summed E-state index contributed by atoms with van der Waals surface area (Å²) in [6, 6.07) is 6.15. The summed E-state index contributed by atoms with van der Waals surface area (Å²) in [5.41, 5.74) is 0. The summed E-state index contributed by atoms with van der Waals surface area (Å²) in [7, 11) is 0. The predicted molar refractivity (Wildman–Crippen MR) is 68.5 cm³/mol. The van der Waals surface area contributed by atoms with Crippen LogP contribution in [0.15, 0.2) is 24.3 Å². The monoisotopic (exact) mass is 267 g/mol. The molecule has 1 fully saturated rings. The highest BCUT2D eigenvalue weighted by molar-refractivity contribution is 5.76. The first-order valence-electron chi connectivity index (χ1n) is 6.51. The van der Waals surface area contributed by atoms with E-state index in [0.29, 0.717) is 6.54 Å². The van der Waals surface area contributed by atoms with Crippen molar-refractivity contribution in [1.82, 2.24) is 5.32 Å². The van der Waals surface area contributed by atoms with Gasteiger partial charge in [0, 0.05) is 13.2 Å². The van der Waals surface area contributed by atoms with Crippen molar-refractivity contribution < 1.29 is 18.7 Å². The zero-order valence-electron chi connectivity index (χ0n) is 10.7. The summed E-state index contributed by atoms with van der Waals surface area (Å²) in [5, 5.41) is 2.79. The molecule has 1 heterocycles. The van der Waals surface area contributed by atoms with Gasteiger partial charge in [-0.05, 0) is 25.0 Å². The second-order valence-corrected chi connectivity index (χ2v) is 4.47. The Morgan fingerprint density at radius 1 is 1.47 bits per heavy atom. The summed E-state index contributed by atoms with van der Waals surface area (Å²) < 4.78 is 23.8. The summed E-state index contributed by atoms with van der Waals surface area (Å²) in [4.78, 5) is 11.5. The molecule has 0 unspecified atom stereocenters. The molecular formula is C14H18FNO3. The predicted octanol–water partition coefficient (Wildman–Crippen LogP) is 1.89. The molecular weight excluding hydrogens is 249 g/mol. The Labute approximate surface area is 111 Å². The zero-order chi connectivity index (χ0) is 13.5. The van der Waals surface area contributed by atoms with Crippen molar-refractivity contribution in [3.05, 3.63) is 30.1 Å². The van der Waals surface area contributed by atoms with E-state index < -0.39 is 5.82 Å². The number of nitrogens with one attached hydrogen (secondary N) is 1. The molecule has 1 aliphatic heterocycles. The maximum Gasteiger partial charge on any atom is 0.223 e. The minimum Gasteiger partial charge on any atom is -0.490 e. The molecule has 1 aromatic carbocycles. The van der Waals surface area contributed by atoms with Gasteiger partial charge in [-0.15, -0.1) is 0 Å². The third kappa shape index (κ3) is 4.52. The number of amides is 1. The van der Waals surface area contributed by atoms with E-state index in [4.69, 9.17) is 9.47 Å². The van der Waals surface area contributed by atoms with Gasteiger partial charge in [-0.25, -0.2) is 4.39 Å². The number of hydrogen-bond acceptors (Lipinski definition) is 3. The molecule has 0 spiro atoms. The van der Waals surface area contributed by atoms with Gasteiger partial charge >= 0.3 is 0 Å². The molecule has 0 saturated carbocycles. The second-order valence-electron chi connectivity index (χ2n) is 4.47. The normalized spacial score (nSPS) is 18.3. The van der Waals surface area contributed by atoms with Crippen LogP contribution in [-0.2, 0) is 9.53 Å². The first-order valence-corrected chi connectivity index (χ1v) is 6.51. The van der Waals surface area contributed by atoms with Crippen molar-refractivity contribution in [3.8, 4) is 5.75 Å². The molecule has 1 atom stereocenters. The van der Waals surface area contributed by atoms with Gasteiger partial charge in [-0.3, -0.25) is 4.79 Å². The van der Waals surface area contributed by atoms with Gasteiger partial charge in [0.1, 0.15) is 0 Å². The van der Waals surface area contributed by atoms with Gasteiger partial charge in [0.2, 0.25) is 5.91 Å². The van der Waals surface area contributed by atoms with Gasteiger partial charge < -0.3 is 14.8 Å². The van der Waals surface area contributed by atoms with Crippen LogP contribution in [0.3, 0.4) is 0 Å². The average Bonchev–Trinajstić information content (AvgIpc) is 2.92. The van der Waals surface area contributed by atoms with Crippen LogP contribution in [0.25, 0.3) is 0 Å². The Hall–Kier alpha value is -1.62. The Morgan fingerprint density at radius 2 is 2.32 bits per heavy atom. The van der Waals surface area contributed by atoms with Crippen LogP contribution in [0, 0.1) is 5.82 Å². The Balaban J connectivity index is 1.62. The fourth-order valence-electron chi connectivity index (χ4n) is 1.94. The number of hydrogen-bond donors (Lipinski definition) is 1. The van der Waals surface area contributed by atoms with Gasteiger partial charge in [0.15, 0.2) is 11.6 Å². The van der Waals surface area contributed by atoms with E-state index in [1.807, 2.05) is 0 Å². The highest BCUT2D eigenvalue weighted by Gasteiger charge is 2.16. The molecule has 1 N–H and O–H groups in total. The lowest BCUT2D eigenvalue weighted by Crippen LogP contribution is -2.32. The van der Waals surface area contributed by atoms with Crippen LogP contribution in [0.2, 0.25) is 0 Å². The number of benzene rings is 1. The summed E-state index contributed by atoms with van der Waals surface area (Å²) in [6.07, 6.45) is 2.39. The topological polar surface area (TPSA) is 47.6 Å². The van der Waals surface area contributed by atoms with E-state index in [1.54, 1.807) is 18.2 Å². The van der Waals surface area contributed by atoms with E-state index in [9.17, 15) is 9.18 Å². The SMILES string of the molecule is O=C(CCOc1ccccc1F)NC[C@@H]1CCCO1. The van der Waals surface area contributed by atoms with Crippen molar-refractivity contribution >= 4 is 5.91 Å². The molecule has 0 bridgehead atoms. The molecule has 104 valence electrons. The number of ether oxygens (including phenoxy) is 2. The van der Waals surface area contributed by atoms with Crippen LogP contribution >= 0.6 is 0 Å². The standard InChI is InChI=1S/C14H18FNO3/c15-12-5-1-2-6-13(12)19-9-7-14(17)16-10-11-4-3-8-18-11/h1-2,5-6,11H,3-4,7-10H2,(H,16,17)/t11-/m0/s1. The van der Waals surface area contributed by atoms with Crippen molar-refractivity contribution in [2.75, 3.05) is 19.8 Å². The van der Waals surface area contributed by atoms with Gasteiger partial charge in [-0.1, -0.05) is 12.1 Å². The molecule has 0 aliphatic carbocycles. The number of carbonyl (C=O) groups is 1. The molecule has 0 aromatic heterocycles. The molecule has 19 heavy (non-hydrogen) atoms. The molecule has 1 aliphatic rings. The lowest BCUT2D eigenvalue weighted by atomic mass is 10.2. The summed E-state index contributed by atoms with van der Waals surface area (Å²) >= 11 is 0. The molecule has 1 saturated heterocycles. The van der Waals surface area contributed by atoms with Crippen LogP contribution in [0.4, 0.5) is 4.39 Å². The quantitative estimate of drug-likeness (QED) is 0.856. The van der Waals surface area contributed by atoms with Gasteiger partial charge in [0.05, 0.1) is 19.1 Å². The van der Waals surface area contributed by atoms with Crippen LogP contribution < -0.4 is 10.1 Å². The van der Waals surface area contributed by atoms with E-state index in [0.717, 1.165) is 19.4 Å². The van der Waals surface area contributed by atoms with Crippen LogP contribution in [0.5, 0.6) is 5.75 Å². The zero-order valence-corrected chi connectivity index (χ0v) is 10.7. The Bertz CT molecular complexity index is 419. The largest absolute Gasteiger partial charge is 0.490 e. The van der Waals surface area contributed by atoms with Crippen molar-refractivity contribution in [1.29, 1.82) is 0 Å². The molecule has 4 nitrogen and oxygen atoms in total. The fourth-order valence-corrected chi connectivity index (χ4v) is 1.94. The molecule has 2 rings (SSSR count). The smallest absolute Gasteiger partial charge is 0.223 e. The highest BCUT2D eigenvalue weighted by atomic mass is 19.1. The first kappa shape index (κ1) is 13.8. The average molecular weight is 267 g/mol. The molecule has 5 heteroatoms. The maximum atomic E-state index is 13.2. The highest BCUT2D eigenvalue weighted by Crippen LogP contribution is 2.15. The van der Waals surface area contributed by atoms with E-state index in [-0.39, 0.29) is 30.8 Å². The van der Waals surface area contributed by atoms with Crippen molar-refractivity contribution in [3.63, 3.8) is 0 Å². The van der Waals surface area contributed by atoms with E-state index in [2.05, 4.69) is 5.32 Å². The van der Waals surface area contributed by atoms with E-state index >= 15 is 0 Å². The molecule has 1 amide bonds. The third-order valence-electron chi connectivity index (χ3n) is 2.97. The molecule has 0 radical (unpaired) electrons. The first-order chi connectivity index (χ1) is 9.25. The van der Waals surface area contributed by atoms with Gasteiger partial charge in [-0.2, -0.15) is 0 Å². The van der Waals surface area contributed by atoms with Crippen molar-refractivity contribution in [2.24, 2.45) is 0 Å². The minimum absolute atomic E-state index is 0.105. The fraction of sp³-hybridized carbons (Fsp3) is 0.500. The third-order valence-corrected chi connectivity index (χ3v) is 2.97. The molecule has 1 aromatic rings. The Kier molecular flexibility index (Phi) is 5.15. The number of rotatable bonds is 6. The number of halogens is 1. The second kappa shape index (κ2) is 7.09. The van der Waals surface area contributed by atoms with Gasteiger partial charge in [0.25, 0.3) is 0 Å². The Morgan fingerprint density at radius 3 is 3.05 bits per heavy atom. The number of para-hydroxylation sites is 1. The lowest BCUT2D eigenvalue weighted by Gasteiger charge is -2.11. The maximum absolute atomic E-state index is 13.2. The van der Waals surface area contributed by atoms with Crippen molar-refractivity contribution in [2.45, 2.75) is 25.4 Å². The lowest BCUT2D eigenvalue weighted by molar-refractivity contribution is -0.122. The number of carbonyl (C=O) groups excluding carboxylic acids is 1. The summed E-state index contributed by atoms with van der Waals surface area (Å²) in [6.45, 7) is 1.48. The van der Waals surface area contributed by atoms with Crippen LogP contribution in [-0.4, -0.2) is 31.8 Å².